The average molecular weight is 1060 g/mol. The van der Waals surface area contributed by atoms with E-state index < -0.39 is 85.9 Å². The molecule has 14 N–H and O–H groups in total. The van der Waals surface area contributed by atoms with Gasteiger partial charge in [-0.3, -0.25) is 14.4 Å². The van der Waals surface area contributed by atoms with Gasteiger partial charge in [0.05, 0.1) is 83.9 Å². The van der Waals surface area contributed by atoms with Crippen molar-refractivity contribution in [2.45, 2.75) is 85.0 Å². The summed E-state index contributed by atoms with van der Waals surface area (Å²) < 4.78 is 13.4. The smallest absolute Gasteiger partial charge is 0.374 e. The maximum atomic E-state index is 10.4. The van der Waals surface area contributed by atoms with E-state index in [0.29, 0.717) is 24.6 Å². The number of esters is 1. The number of unbranched alkanes of at least 4 members (excludes halogenated alkanes) is 3. The largest absolute Gasteiger partial charge is 0.481 e. The summed E-state index contributed by atoms with van der Waals surface area (Å²) in [5.41, 5.74) is 0.0345. The highest BCUT2D eigenvalue weighted by atomic mass is 16.5. The molecular weight excluding hydrogens is 989 g/mol. The van der Waals surface area contributed by atoms with Crippen LogP contribution in [-0.4, -0.2) is 205 Å². The molecule has 27 heteroatoms. The maximum absolute atomic E-state index is 10.4. The number of ether oxygens (including phenoxy) is 3. The Hall–Kier alpha value is -6.62. The minimum absolute atomic E-state index is 0.125. The number of Topliss-reactive ketones (excluding diaryl/α,β-unsaturated/α-hetero) is 1. The van der Waals surface area contributed by atoms with Crippen LogP contribution in [0.25, 0.3) is 0 Å². The van der Waals surface area contributed by atoms with Crippen molar-refractivity contribution in [3.63, 3.8) is 0 Å². The average Bonchev–Trinajstić information content (AvgIpc) is 3.40. The summed E-state index contributed by atoms with van der Waals surface area (Å²) in [5, 5.41) is 131. The summed E-state index contributed by atoms with van der Waals surface area (Å²) in [6, 6.07) is 14.7. The van der Waals surface area contributed by atoms with Gasteiger partial charge >= 0.3 is 17.9 Å². The number of hydrogen-bond acceptors (Lipinski definition) is 25. The first kappa shape index (κ1) is 78.8. The Morgan fingerprint density at radius 1 is 0.635 bits per heavy atom. The molecule has 27 nitrogen and oxygen atoms in total. The van der Waals surface area contributed by atoms with Gasteiger partial charge in [0, 0.05) is 6.92 Å². The van der Waals surface area contributed by atoms with Crippen molar-refractivity contribution in [3.8, 4) is 18.3 Å². The minimum Gasteiger partial charge on any atom is -0.481 e. The van der Waals surface area contributed by atoms with Crippen LogP contribution in [0.15, 0.2) is 58.5 Å². The van der Waals surface area contributed by atoms with Gasteiger partial charge < -0.3 is 85.7 Å². The number of aliphatic hydroxyl groups is 12. The molecule has 0 fully saturated rings. The highest BCUT2D eigenvalue weighted by Gasteiger charge is 2.32. The van der Waals surface area contributed by atoms with E-state index in [2.05, 4.69) is 19.5 Å². The first-order valence-electron chi connectivity index (χ1n) is 21.9. The zero-order valence-corrected chi connectivity index (χ0v) is 42.1. The fraction of sp³-hybridized carbons (Fsp3) is 0.574. The number of aliphatic carboxylic acids is 2. The van der Waals surface area contributed by atoms with E-state index in [0.717, 1.165) is 50.2 Å². The molecule has 2 aromatic rings. The molecule has 2 rings (SSSR count). The van der Waals surface area contributed by atoms with E-state index in [1.165, 1.54) is 39.9 Å². The van der Waals surface area contributed by atoms with Crippen molar-refractivity contribution in [2.24, 2.45) is 20.8 Å². The van der Waals surface area contributed by atoms with Crippen LogP contribution in [0.5, 0.6) is 5.75 Å². The van der Waals surface area contributed by atoms with Crippen molar-refractivity contribution in [1.82, 2.24) is 0 Å². The fourth-order valence-electron chi connectivity index (χ4n) is 3.21. The van der Waals surface area contributed by atoms with Crippen LogP contribution in [0.2, 0.25) is 0 Å². The molecule has 0 radical (unpaired) electrons. The summed E-state index contributed by atoms with van der Waals surface area (Å²) in [5.74, 6) is -3.57. The Bertz CT molecular complexity index is 1850. The number of carboxylic acids is 2. The third-order valence-electron chi connectivity index (χ3n) is 7.96. The third kappa shape index (κ3) is 51.7. The quantitative estimate of drug-likeness (QED) is 0.0146. The Labute approximate surface area is 428 Å². The molecular formula is C47H74N4O23. The summed E-state index contributed by atoms with van der Waals surface area (Å²) in [4.78, 5) is 67.6. The molecule has 74 heavy (non-hydrogen) atoms. The van der Waals surface area contributed by atoms with Crippen molar-refractivity contribution >= 4 is 41.5 Å². The summed E-state index contributed by atoms with van der Waals surface area (Å²) in [6.07, 6.45) is 8.58. The van der Waals surface area contributed by atoms with Gasteiger partial charge in [-0.25, -0.2) is 19.4 Å². The van der Waals surface area contributed by atoms with E-state index in [9.17, 15) is 28.8 Å². The number of carbonyl (C=O) groups is 4. The first-order valence-corrected chi connectivity index (χ1v) is 21.9. The molecule has 0 heterocycles. The van der Waals surface area contributed by atoms with Crippen LogP contribution < -0.4 is 4.74 Å². The molecule has 2 aromatic carbocycles. The normalized spacial score (nSPS) is 10.7. The molecule has 0 spiro atoms. The third-order valence-corrected chi connectivity index (χ3v) is 7.96. The second kappa shape index (κ2) is 54.2. The van der Waals surface area contributed by atoms with E-state index in [4.69, 9.17) is 86.8 Å². The van der Waals surface area contributed by atoms with Crippen LogP contribution in [0.4, 0.5) is 5.69 Å². The molecule has 0 bridgehead atoms. The second-order valence-corrected chi connectivity index (χ2v) is 15.1. The van der Waals surface area contributed by atoms with E-state index in [1.54, 1.807) is 36.8 Å². The molecule has 0 saturated heterocycles. The molecule has 420 valence electrons. The maximum Gasteiger partial charge on any atom is 0.374 e. The van der Waals surface area contributed by atoms with Crippen LogP contribution in [0.3, 0.4) is 0 Å². The molecule has 3 unspecified atom stereocenters. The zero-order chi connectivity index (χ0) is 58.4. The van der Waals surface area contributed by atoms with Gasteiger partial charge in [-0.1, -0.05) is 30.7 Å². The lowest BCUT2D eigenvalue weighted by Gasteiger charge is -2.17. The Balaban J connectivity index is -0.000000188. The monoisotopic (exact) mass is 1060 g/mol. The van der Waals surface area contributed by atoms with Crippen molar-refractivity contribution in [1.29, 1.82) is 10.5 Å². The highest BCUT2D eigenvalue weighted by molar-refractivity contribution is 6.32. The Kier molecular flexibility index (Phi) is 57.7. The number of nitrogens with zero attached hydrogens (tertiary/aromatic N) is 4. The summed E-state index contributed by atoms with van der Waals surface area (Å²) in [6.45, 7) is 4.17. The highest BCUT2D eigenvalue weighted by Crippen LogP contribution is 2.18. The zero-order valence-electron chi connectivity index (χ0n) is 42.1. The topological polar surface area (TPSA) is 486 Å². The van der Waals surface area contributed by atoms with E-state index >= 15 is 0 Å². The van der Waals surface area contributed by atoms with Crippen LogP contribution in [-0.2, 0) is 44.7 Å². The number of ketones is 1. The molecule has 0 aliphatic heterocycles. The molecule has 0 aliphatic carbocycles. The number of aliphatic imine (C=N–C) groups is 2. The lowest BCUT2D eigenvalue weighted by Crippen LogP contribution is -2.35. The van der Waals surface area contributed by atoms with Crippen molar-refractivity contribution in [2.75, 3.05) is 79.2 Å². The summed E-state index contributed by atoms with van der Waals surface area (Å²) in [7, 11) is 0. The van der Waals surface area contributed by atoms with Gasteiger partial charge in [0.1, 0.15) is 35.9 Å². The number of aliphatic hydroxyl groups excluding tert-OH is 12. The number of benzene rings is 2. The number of carboxylic acid groups (broad SMARTS) is 2. The molecule has 0 amide bonds. The second-order valence-electron chi connectivity index (χ2n) is 15.1. The SMILES string of the molecule is CC(=O)C(=O)OCC(O)CO.CC(CO)(CO)C(=O)O.CC(CO)(CO)C(=O)O.CC(O)CO.CC(O)CO.N#COCCCCCCN=C=O.N#COc1ccc(Cc2ccc(N=C=O)cc2)cc1.OCCO. The van der Waals surface area contributed by atoms with Crippen molar-refractivity contribution < 1.29 is 114 Å². The number of carbonyl (C=O) groups excluding carboxylic acids is 4. The molecule has 3 atom stereocenters. The Morgan fingerprint density at radius 3 is 1.35 bits per heavy atom. The molecule has 0 saturated carbocycles. The van der Waals surface area contributed by atoms with Gasteiger partial charge in [0.25, 0.3) is 12.5 Å². The predicted octanol–water partition coefficient (Wildman–Crippen LogP) is -1.23. The van der Waals surface area contributed by atoms with Crippen LogP contribution in [0, 0.1) is 33.9 Å². The van der Waals surface area contributed by atoms with Gasteiger partial charge in [-0.15, -0.1) is 5.26 Å². The van der Waals surface area contributed by atoms with Gasteiger partial charge in [0.2, 0.25) is 17.9 Å². The van der Waals surface area contributed by atoms with Crippen molar-refractivity contribution in [3.05, 3.63) is 59.7 Å². The van der Waals surface area contributed by atoms with E-state index in [-0.39, 0.29) is 33.0 Å². The van der Waals surface area contributed by atoms with Crippen LogP contribution >= 0.6 is 0 Å². The Morgan fingerprint density at radius 2 is 1.05 bits per heavy atom. The lowest BCUT2D eigenvalue weighted by atomic mass is 9.94. The molecule has 0 aromatic heterocycles. The lowest BCUT2D eigenvalue weighted by molar-refractivity contribution is -0.155. The number of hydrogen-bond donors (Lipinski definition) is 14. The van der Waals surface area contributed by atoms with Crippen LogP contribution in [0.1, 0.15) is 71.4 Å². The first-order chi connectivity index (χ1) is 34.9. The van der Waals surface area contributed by atoms with Gasteiger partial charge in [-0.2, -0.15) is 10.3 Å². The predicted molar refractivity (Wildman–Crippen MR) is 259 cm³/mol. The minimum atomic E-state index is -1.39. The van der Waals surface area contributed by atoms with Gasteiger partial charge in [0.15, 0.2) is 0 Å². The fourth-order valence-corrected chi connectivity index (χ4v) is 3.21. The summed E-state index contributed by atoms with van der Waals surface area (Å²) >= 11 is 0. The van der Waals surface area contributed by atoms with Gasteiger partial charge in [-0.05, 0) is 88.8 Å². The standard InChI is InChI=1S/C15H10N2O2.C8H12N2O2.C6H10O5.2C5H10O4.2C3H8O2.C2H6O2/c16-10-19-15-7-3-13(4-8-15)9-12-1-5-14(6-2-12)17-11-18;9-7-12-6-4-2-1-3-5-10-8-11;1-4(8)6(10)11-3-5(9)2-7;2*1-5(2-6,3-7)4(8)9;2*1-3(5)2-4;3-1-2-4/h1-8H,9H2;1-6H2;5,7,9H,2-3H2,1H3;2*6-7H,2-3H2,1H3,(H,8,9);2*3-5H,2H2,1H3;3-4H,1-2H2. The number of isocyanates is 2. The number of nitriles is 2. The number of rotatable bonds is 24. The van der Waals surface area contributed by atoms with E-state index in [1.807, 2.05) is 24.3 Å². The molecule has 0 aliphatic rings.